The van der Waals surface area contributed by atoms with Crippen LogP contribution in [0.2, 0.25) is 0 Å². The molecule has 0 aromatic heterocycles. The molecule has 0 unspecified atom stereocenters. The van der Waals surface area contributed by atoms with Gasteiger partial charge < -0.3 is 10.1 Å². The highest BCUT2D eigenvalue weighted by Gasteiger charge is 2.35. The molecule has 2 heterocycles. The van der Waals surface area contributed by atoms with Gasteiger partial charge in [-0.3, -0.25) is 4.79 Å². The number of nitrogens with one attached hydrogen (secondary N) is 1. The Morgan fingerprint density at radius 1 is 1.56 bits per heavy atom. The maximum atomic E-state index is 10.6. The van der Waals surface area contributed by atoms with Gasteiger partial charge in [-0.05, 0) is 12.8 Å². The molecule has 0 aromatic carbocycles. The minimum atomic E-state index is -0.0972. The Balaban J connectivity index is 2.03. The van der Waals surface area contributed by atoms with Crippen molar-refractivity contribution in [3.8, 4) is 0 Å². The maximum absolute atomic E-state index is 10.6. The van der Waals surface area contributed by atoms with Crippen molar-refractivity contribution in [2.75, 3.05) is 6.54 Å². The summed E-state index contributed by atoms with van der Waals surface area (Å²) in [5, 5.41) is 3.09. The van der Waals surface area contributed by atoms with E-state index in [1.807, 2.05) is 0 Å². The van der Waals surface area contributed by atoms with Crippen molar-refractivity contribution in [3.63, 3.8) is 0 Å². The monoisotopic (exact) mass is 127 g/mol. The van der Waals surface area contributed by atoms with Crippen LogP contribution < -0.4 is 5.32 Å². The molecule has 1 aliphatic carbocycles. The summed E-state index contributed by atoms with van der Waals surface area (Å²) in [6.07, 6.45) is 2.27. The van der Waals surface area contributed by atoms with E-state index in [0.29, 0.717) is 12.6 Å². The van der Waals surface area contributed by atoms with Crippen LogP contribution in [0.5, 0.6) is 0 Å². The SMILES string of the molecule is O=C1CNC2CC(C2)O1. The molecule has 1 N–H and O–H groups in total. The second-order valence-corrected chi connectivity index (χ2v) is 2.66. The first kappa shape index (κ1) is 5.23. The van der Waals surface area contributed by atoms with Gasteiger partial charge in [-0.2, -0.15) is 0 Å². The van der Waals surface area contributed by atoms with Gasteiger partial charge >= 0.3 is 5.97 Å². The smallest absolute Gasteiger partial charge is 0.320 e. The number of carbonyl (C=O) groups excluding carboxylic acids is 1. The molecule has 3 aliphatic rings. The molecular weight excluding hydrogens is 118 g/mol. The van der Waals surface area contributed by atoms with Gasteiger partial charge in [-0.15, -0.1) is 0 Å². The van der Waals surface area contributed by atoms with Crippen molar-refractivity contribution < 1.29 is 9.53 Å². The predicted octanol–water partition coefficient (Wildman–Crippen LogP) is -0.336. The Kier molecular flexibility index (Phi) is 0.990. The third kappa shape index (κ3) is 0.812. The fraction of sp³-hybridized carbons (Fsp3) is 0.833. The predicted molar refractivity (Wildman–Crippen MR) is 30.9 cm³/mol. The minimum absolute atomic E-state index is 0.0972. The quantitative estimate of drug-likeness (QED) is 0.452. The van der Waals surface area contributed by atoms with Gasteiger partial charge in [0.15, 0.2) is 0 Å². The van der Waals surface area contributed by atoms with Crippen LogP contribution in [0.3, 0.4) is 0 Å². The van der Waals surface area contributed by atoms with Crippen LogP contribution in [0.15, 0.2) is 0 Å². The van der Waals surface area contributed by atoms with Crippen LogP contribution in [0.4, 0.5) is 0 Å². The van der Waals surface area contributed by atoms with Crippen molar-refractivity contribution in [1.29, 1.82) is 0 Å². The standard InChI is InChI=1S/C6H9NO2/c8-6-3-7-4-1-5(2-4)9-6/h4-5,7H,1-3H2. The zero-order valence-corrected chi connectivity index (χ0v) is 5.09. The van der Waals surface area contributed by atoms with Gasteiger partial charge in [0, 0.05) is 6.04 Å². The van der Waals surface area contributed by atoms with Crippen molar-refractivity contribution in [1.82, 2.24) is 5.32 Å². The van der Waals surface area contributed by atoms with E-state index >= 15 is 0 Å². The van der Waals surface area contributed by atoms with Gasteiger partial charge in [0.25, 0.3) is 0 Å². The summed E-state index contributed by atoms with van der Waals surface area (Å²) in [5.41, 5.74) is 0. The van der Waals surface area contributed by atoms with Gasteiger partial charge in [0.1, 0.15) is 6.10 Å². The molecular formula is C6H9NO2. The first-order valence-electron chi connectivity index (χ1n) is 3.27. The fourth-order valence-corrected chi connectivity index (χ4v) is 1.28. The number of rotatable bonds is 0. The van der Waals surface area contributed by atoms with E-state index in [4.69, 9.17) is 4.74 Å². The number of hydrogen-bond acceptors (Lipinski definition) is 3. The number of esters is 1. The average molecular weight is 127 g/mol. The zero-order chi connectivity index (χ0) is 6.27. The Labute approximate surface area is 53.4 Å². The van der Waals surface area contributed by atoms with Crippen molar-refractivity contribution in [3.05, 3.63) is 0 Å². The lowest BCUT2D eigenvalue weighted by Gasteiger charge is -2.30. The molecule has 0 radical (unpaired) electrons. The molecule has 0 aromatic rings. The zero-order valence-electron chi connectivity index (χ0n) is 5.09. The molecule has 0 spiro atoms. The molecule has 2 bridgehead atoms. The molecule has 2 aliphatic heterocycles. The lowest BCUT2D eigenvalue weighted by Crippen LogP contribution is -2.41. The Hall–Kier alpha value is -0.570. The topological polar surface area (TPSA) is 38.3 Å². The number of carbonyl (C=O) groups is 1. The Morgan fingerprint density at radius 3 is 3.11 bits per heavy atom. The summed E-state index contributed by atoms with van der Waals surface area (Å²) in [6, 6.07) is 0.557. The average Bonchev–Trinajstić information content (AvgIpc) is 1.93. The molecule has 50 valence electrons. The maximum Gasteiger partial charge on any atom is 0.320 e. The molecule has 3 heteroatoms. The molecule has 3 nitrogen and oxygen atoms in total. The highest BCUT2D eigenvalue weighted by molar-refractivity contribution is 5.72. The lowest BCUT2D eigenvalue weighted by molar-refractivity contribution is -0.148. The van der Waals surface area contributed by atoms with Crippen molar-refractivity contribution >= 4 is 5.97 Å². The summed E-state index contributed by atoms with van der Waals surface area (Å²) in [6.45, 7) is 0.404. The van der Waals surface area contributed by atoms with E-state index in [9.17, 15) is 4.79 Å². The van der Waals surface area contributed by atoms with Gasteiger partial charge in [-0.25, -0.2) is 0 Å². The largest absolute Gasteiger partial charge is 0.461 e. The second-order valence-electron chi connectivity index (χ2n) is 2.66. The molecule has 3 fully saturated rings. The minimum Gasteiger partial charge on any atom is -0.461 e. The summed E-state index contributed by atoms with van der Waals surface area (Å²) in [5.74, 6) is -0.0972. The first-order chi connectivity index (χ1) is 4.34. The van der Waals surface area contributed by atoms with E-state index in [1.54, 1.807) is 0 Å². The second kappa shape index (κ2) is 1.70. The van der Waals surface area contributed by atoms with Gasteiger partial charge in [0.05, 0.1) is 6.54 Å². The fourth-order valence-electron chi connectivity index (χ4n) is 1.28. The van der Waals surface area contributed by atoms with Crippen molar-refractivity contribution in [2.45, 2.75) is 25.0 Å². The van der Waals surface area contributed by atoms with Crippen LogP contribution in [0, 0.1) is 0 Å². The number of fused-ring (bicyclic) bond motifs is 3. The molecule has 3 rings (SSSR count). The van der Waals surface area contributed by atoms with E-state index in [-0.39, 0.29) is 12.1 Å². The molecule has 9 heavy (non-hydrogen) atoms. The van der Waals surface area contributed by atoms with Crippen LogP contribution in [-0.4, -0.2) is 24.7 Å². The van der Waals surface area contributed by atoms with Gasteiger partial charge in [0.2, 0.25) is 0 Å². The molecule has 0 atom stereocenters. The van der Waals surface area contributed by atoms with Crippen LogP contribution in [0.1, 0.15) is 12.8 Å². The summed E-state index contributed by atoms with van der Waals surface area (Å²) in [4.78, 5) is 10.6. The third-order valence-electron chi connectivity index (χ3n) is 1.93. The summed E-state index contributed by atoms with van der Waals surface area (Å²) < 4.78 is 4.98. The molecule has 0 amide bonds. The molecule has 1 saturated carbocycles. The Bertz CT molecular complexity index is 140. The third-order valence-corrected chi connectivity index (χ3v) is 1.93. The number of ether oxygens (including phenoxy) is 1. The summed E-state index contributed by atoms with van der Waals surface area (Å²) in [7, 11) is 0. The summed E-state index contributed by atoms with van der Waals surface area (Å²) >= 11 is 0. The lowest BCUT2D eigenvalue weighted by atomic mass is 9.90. The number of hydrogen-bond donors (Lipinski definition) is 1. The van der Waals surface area contributed by atoms with Crippen LogP contribution in [0.25, 0.3) is 0 Å². The normalized spacial score (nSPS) is 40.7. The van der Waals surface area contributed by atoms with E-state index in [2.05, 4.69) is 5.32 Å². The van der Waals surface area contributed by atoms with Gasteiger partial charge in [-0.1, -0.05) is 0 Å². The van der Waals surface area contributed by atoms with E-state index < -0.39 is 0 Å². The highest BCUT2D eigenvalue weighted by atomic mass is 16.5. The van der Waals surface area contributed by atoms with E-state index in [0.717, 1.165) is 12.8 Å². The first-order valence-corrected chi connectivity index (χ1v) is 3.27. The van der Waals surface area contributed by atoms with Crippen molar-refractivity contribution in [2.24, 2.45) is 0 Å². The van der Waals surface area contributed by atoms with Crippen LogP contribution >= 0.6 is 0 Å². The van der Waals surface area contributed by atoms with E-state index in [1.165, 1.54) is 0 Å². The molecule has 2 saturated heterocycles. The Morgan fingerprint density at radius 2 is 2.33 bits per heavy atom. The highest BCUT2D eigenvalue weighted by Crippen LogP contribution is 2.25. The van der Waals surface area contributed by atoms with Crippen LogP contribution in [-0.2, 0) is 9.53 Å².